The zero-order valence-electron chi connectivity index (χ0n) is 19.5. The number of carbonyl (C=O) groups excluding carboxylic acids is 5. The Morgan fingerprint density at radius 1 is 1.03 bits per heavy atom. The van der Waals surface area contributed by atoms with Crippen LogP contribution in [0.3, 0.4) is 0 Å². The second-order valence-corrected chi connectivity index (χ2v) is 8.19. The number of fused-ring (bicyclic) bond motifs is 1. The maximum absolute atomic E-state index is 12.8. The summed E-state index contributed by atoms with van der Waals surface area (Å²) in [5, 5.41) is 5.77. The van der Waals surface area contributed by atoms with Gasteiger partial charge >= 0.3 is 5.97 Å². The lowest BCUT2D eigenvalue weighted by Gasteiger charge is -2.23. The third-order valence-corrected chi connectivity index (χ3v) is 5.96. The molecule has 2 aromatic carbocycles. The van der Waals surface area contributed by atoms with Crippen molar-refractivity contribution in [1.82, 2.24) is 15.2 Å². The molecule has 2 N–H and O–H groups in total. The molecular formula is C26H24N4O6. The maximum Gasteiger partial charge on any atom is 0.337 e. The summed E-state index contributed by atoms with van der Waals surface area (Å²) in [6.45, 7) is 0.000275. The molecule has 3 amide bonds. The molecule has 0 spiro atoms. The third kappa shape index (κ3) is 5.22. The van der Waals surface area contributed by atoms with Crippen LogP contribution in [0.15, 0.2) is 60.8 Å². The van der Waals surface area contributed by atoms with Gasteiger partial charge in [-0.3, -0.25) is 24.2 Å². The summed E-state index contributed by atoms with van der Waals surface area (Å²) in [6.07, 6.45) is 2.43. The highest BCUT2D eigenvalue weighted by molar-refractivity contribution is 6.42. The van der Waals surface area contributed by atoms with Gasteiger partial charge < -0.3 is 20.3 Å². The molecule has 36 heavy (non-hydrogen) atoms. The van der Waals surface area contributed by atoms with Crippen LogP contribution in [0, 0.1) is 0 Å². The van der Waals surface area contributed by atoms with Crippen LogP contribution in [0.5, 0.6) is 0 Å². The third-order valence-electron chi connectivity index (χ3n) is 5.96. The fourth-order valence-corrected chi connectivity index (χ4v) is 4.14. The number of benzene rings is 2. The Morgan fingerprint density at radius 3 is 2.53 bits per heavy atom. The van der Waals surface area contributed by atoms with Crippen molar-refractivity contribution >= 4 is 46.1 Å². The second-order valence-electron chi connectivity index (χ2n) is 8.19. The highest BCUT2D eigenvalue weighted by Gasteiger charge is 2.37. The lowest BCUT2D eigenvalue weighted by Crippen LogP contribution is -2.48. The fraction of sp³-hybridized carbons (Fsp3) is 0.231. The summed E-state index contributed by atoms with van der Waals surface area (Å²) in [5.74, 6) is -3.01. The van der Waals surface area contributed by atoms with E-state index in [0.717, 1.165) is 0 Å². The zero-order valence-corrected chi connectivity index (χ0v) is 19.5. The van der Waals surface area contributed by atoms with Gasteiger partial charge in [0, 0.05) is 23.8 Å². The standard InChI is InChI=1S/C26H24N4O6/c1-36-26(35)16-8-10-17(11-9-16)29-25(34)23(32)21-7-4-14-30(21)22(31)15-28-24(33)19-12-13-27-20-6-3-2-5-18(19)20/h2-3,5-6,8-13,21H,4,7,14-15H2,1H3,(H,28,33)(H,29,34)/t21-/m0/s1. The van der Waals surface area contributed by atoms with Crippen molar-refractivity contribution in [2.75, 3.05) is 25.5 Å². The Balaban J connectivity index is 1.36. The van der Waals surface area contributed by atoms with Crippen molar-refractivity contribution in [3.05, 3.63) is 71.9 Å². The number of amides is 3. The molecule has 10 nitrogen and oxygen atoms in total. The Morgan fingerprint density at radius 2 is 1.78 bits per heavy atom. The minimum absolute atomic E-state index is 0.302. The number of esters is 1. The van der Waals surface area contributed by atoms with Gasteiger partial charge in [0.1, 0.15) is 6.04 Å². The van der Waals surface area contributed by atoms with Crippen LogP contribution in [0.25, 0.3) is 10.9 Å². The van der Waals surface area contributed by atoms with Crippen molar-refractivity contribution in [3.8, 4) is 0 Å². The number of methoxy groups -OCH3 is 1. The number of ether oxygens (including phenoxy) is 1. The molecule has 0 bridgehead atoms. The molecule has 0 aliphatic carbocycles. The van der Waals surface area contributed by atoms with Crippen LogP contribution in [-0.2, 0) is 19.1 Å². The number of hydrogen-bond donors (Lipinski definition) is 2. The minimum atomic E-state index is -0.912. The number of aromatic nitrogens is 1. The van der Waals surface area contributed by atoms with Crippen molar-refractivity contribution in [1.29, 1.82) is 0 Å². The molecule has 0 saturated carbocycles. The van der Waals surface area contributed by atoms with E-state index in [9.17, 15) is 24.0 Å². The van der Waals surface area contributed by atoms with Crippen LogP contribution in [0.1, 0.15) is 33.6 Å². The van der Waals surface area contributed by atoms with E-state index in [-0.39, 0.29) is 6.54 Å². The first-order valence-electron chi connectivity index (χ1n) is 11.3. The van der Waals surface area contributed by atoms with Crippen molar-refractivity contribution in [3.63, 3.8) is 0 Å². The number of anilines is 1. The van der Waals surface area contributed by atoms with Gasteiger partial charge in [-0.05, 0) is 49.2 Å². The van der Waals surface area contributed by atoms with Gasteiger partial charge in [0.05, 0.1) is 30.3 Å². The molecule has 2 heterocycles. The summed E-state index contributed by atoms with van der Waals surface area (Å²) in [4.78, 5) is 68.0. The molecule has 0 radical (unpaired) electrons. The minimum Gasteiger partial charge on any atom is -0.465 e. The van der Waals surface area contributed by atoms with E-state index in [0.29, 0.717) is 47.1 Å². The van der Waals surface area contributed by atoms with Crippen molar-refractivity contribution in [2.45, 2.75) is 18.9 Å². The van der Waals surface area contributed by atoms with Crippen molar-refractivity contribution < 1.29 is 28.7 Å². The molecule has 1 fully saturated rings. The molecule has 1 aliphatic rings. The maximum atomic E-state index is 12.8. The molecule has 1 aliphatic heterocycles. The molecule has 1 atom stereocenters. The predicted molar refractivity (Wildman–Crippen MR) is 130 cm³/mol. The highest BCUT2D eigenvalue weighted by atomic mass is 16.5. The molecule has 184 valence electrons. The van der Waals surface area contributed by atoms with Gasteiger partial charge in [-0.1, -0.05) is 18.2 Å². The highest BCUT2D eigenvalue weighted by Crippen LogP contribution is 2.20. The first-order valence-corrected chi connectivity index (χ1v) is 11.3. The van der Waals surface area contributed by atoms with E-state index >= 15 is 0 Å². The lowest BCUT2D eigenvalue weighted by atomic mass is 10.1. The van der Waals surface area contributed by atoms with E-state index in [2.05, 4.69) is 20.4 Å². The predicted octanol–water partition coefficient (Wildman–Crippen LogP) is 1.95. The number of likely N-dealkylation sites (tertiary alicyclic amines) is 1. The molecule has 3 aromatic rings. The van der Waals surface area contributed by atoms with Crippen LogP contribution < -0.4 is 10.6 Å². The van der Waals surface area contributed by atoms with Gasteiger partial charge in [0.25, 0.3) is 11.8 Å². The number of para-hydroxylation sites is 1. The smallest absolute Gasteiger partial charge is 0.337 e. The van der Waals surface area contributed by atoms with Gasteiger partial charge in [-0.2, -0.15) is 0 Å². The topological polar surface area (TPSA) is 135 Å². The average molecular weight is 489 g/mol. The zero-order chi connectivity index (χ0) is 25.7. The molecule has 4 rings (SSSR count). The van der Waals surface area contributed by atoms with E-state index < -0.39 is 35.5 Å². The summed E-state index contributed by atoms with van der Waals surface area (Å²) in [7, 11) is 1.26. The monoisotopic (exact) mass is 488 g/mol. The molecule has 1 saturated heterocycles. The molecular weight excluding hydrogens is 464 g/mol. The van der Waals surface area contributed by atoms with E-state index in [4.69, 9.17) is 0 Å². The SMILES string of the molecule is COC(=O)c1ccc(NC(=O)C(=O)[C@@H]2CCCN2C(=O)CNC(=O)c2ccnc3ccccc23)cc1. The molecule has 10 heteroatoms. The Bertz CT molecular complexity index is 1330. The van der Waals surface area contributed by atoms with E-state index in [1.54, 1.807) is 24.3 Å². The van der Waals surface area contributed by atoms with Crippen LogP contribution in [-0.4, -0.2) is 65.6 Å². The molecule has 0 unspecified atom stereocenters. The van der Waals surface area contributed by atoms with Crippen molar-refractivity contribution in [2.24, 2.45) is 0 Å². The number of nitrogens with one attached hydrogen (secondary N) is 2. The number of nitrogens with zero attached hydrogens (tertiary/aromatic N) is 2. The largest absolute Gasteiger partial charge is 0.465 e. The van der Waals surface area contributed by atoms with Gasteiger partial charge in [-0.15, -0.1) is 0 Å². The average Bonchev–Trinajstić information content (AvgIpc) is 3.41. The van der Waals surface area contributed by atoms with Gasteiger partial charge in [0.15, 0.2) is 0 Å². The van der Waals surface area contributed by atoms with Crippen LogP contribution in [0.4, 0.5) is 5.69 Å². The number of rotatable bonds is 7. The van der Waals surface area contributed by atoms with Gasteiger partial charge in [0.2, 0.25) is 11.7 Å². The quantitative estimate of drug-likeness (QED) is 0.383. The van der Waals surface area contributed by atoms with Gasteiger partial charge in [-0.25, -0.2) is 4.79 Å². The van der Waals surface area contributed by atoms with Crippen LogP contribution >= 0.6 is 0 Å². The first-order chi connectivity index (χ1) is 17.4. The normalized spacial score (nSPS) is 14.8. The first kappa shape index (κ1) is 24.5. The lowest BCUT2D eigenvalue weighted by molar-refractivity contribution is -0.141. The number of ketones is 1. The van der Waals surface area contributed by atoms with E-state index in [1.165, 1.54) is 42.5 Å². The second kappa shape index (κ2) is 10.8. The number of carbonyl (C=O) groups is 5. The summed E-state index contributed by atoms with van der Waals surface area (Å²) < 4.78 is 4.63. The number of Topliss-reactive ketones (excluding diaryl/α,β-unsaturated/α-hetero) is 1. The van der Waals surface area contributed by atoms with Crippen LogP contribution in [0.2, 0.25) is 0 Å². The summed E-state index contributed by atoms with van der Waals surface area (Å²) in [6, 6.07) is 13.7. The summed E-state index contributed by atoms with van der Waals surface area (Å²) in [5.41, 5.74) is 1.68. The Kier molecular flexibility index (Phi) is 7.33. The van der Waals surface area contributed by atoms with E-state index in [1.807, 2.05) is 6.07 Å². The molecule has 1 aromatic heterocycles. The summed E-state index contributed by atoms with van der Waals surface area (Å²) >= 11 is 0. The number of hydrogen-bond acceptors (Lipinski definition) is 7. The fourth-order valence-electron chi connectivity index (χ4n) is 4.14. The Hall–Kier alpha value is -4.60. The Labute approximate surface area is 206 Å². The number of pyridine rings is 1.